The molecule has 3 rings (SSSR count). The van der Waals surface area contributed by atoms with Crippen molar-refractivity contribution in [2.45, 2.75) is 18.5 Å². The van der Waals surface area contributed by atoms with Crippen LogP contribution in [0, 0.1) is 0 Å². The summed E-state index contributed by atoms with van der Waals surface area (Å²) in [6.07, 6.45) is 1.28. The molecule has 1 aromatic rings. The Hall–Kier alpha value is -0.730. The van der Waals surface area contributed by atoms with Gasteiger partial charge in [0.25, 0.3) is 0 Å². The first-order chi connectivity index (χ1) is 6.83. The fraction of sp³-hybridized carbons (Fsp3) is 0.455. The van der Waals surface area contributed by atoms with E-state index >= 15 is 0 Å². The second-order valence-electron chi connectivity index (χ2n) is 4.13. The van der Waals surface area contributed by atoms with Crippen molar-refractivity contribution in [1.82, 2.24) is 5.32 Å². The van der Waals surface area contributed by atoms with E-state index in [-0.39, 0.29) is 0 Å². The monoisotopic (exact) mass is 208 g/mol. The van der Waals surface area contributed by atoms with Gasteiger partial charge < -0.3 is 10.2 Å². The van der Waals surface area contributed by atoms with Gasteiger partial charge in [-0.3, -0.25) is 0 Å². The molecular formula is C11H13ClN2. The maximum atomic E-state index is 5.98. The van der Waals surface area contributed by atoms with Gasteiger partial charge in [-0.1, -0.05) is 17.7 Å². The minimum absolute atomic E-state index is 0.679. The summed E-state index contributed by atoms with van der Waals surface area (Å²) in [5.41, 5.74) is 1.27. The van der Waals surface area contributed by atoms with Crippen molar-refractivity contribution in [1.29, 1.82) is 0 Å². The lowest BCUT2D eigenvalue weighted by Crippen LogP contribution is -2.43. The van der Waals surface area contributed by atoms with Gasteiger partial charge in [0.15, 0.2) is 0 Å². The summed E-state index contributed by atoms with van der Waals surface area (Å²) in [6, 6.07) is 9.53. The van der Waals surface area contributed by atoms with E-state index in [9.17, 15) is 0 Å². The van der Waals surface area contributed by atoms with E-state index in [0.717, 1.165) is 18.1 Å². The normalized spacial score (nSPS) is 29.9. The molecule has 1 N–H and O–H groups in total. The third-order valence-corrected chi connectivity index (χ3v) is 3.43. The summed E-state index contributed by atoms with van der Waals surface area (Å²) < 4.78 is 0. The highest BCUT2D eigenvalue weighted by Crippen LogP contribution is 2.30. The minimum Gasteiger partial charge on any atom is -0.366 e. The number of hydrogen-bond donors (Lipinski definition) is 1. The van der Waals surface area contributed by atoms with E-state index in [1.165, 1.54) is 12.1 Å². The van der Waals surface area contributed by atoms with E-state index in [2.05, 4.69) is 22.3 Å². The maximum Gasteiger partial charge on any atom is 0.0430 e. The SMILES string of the molecule is Clc1cccc(N2CC3CC2CN3)c1. The average Bonchev–Trinajstić information content (AvgIpc) is 2.78. The zero-order valence-corrected chi connectivity index (χ0v) is 8.67. The van der Waals surface area contributed by atoms with Crippen LogP contribution in [0.3, 0.4) is 0 Å². The summed E-state index contributed by atoms with van der Waals surface area (Å²) in [4.78, 5) is 2.47. The van der Waals surface area contributed by atoms with Gasteiger partial charge in [0.2, 0.25) is 0 Å². The Morgan fingerprint density at radius 3 is 3.00 bits per heavy atom. The first-order valence-electron chi connectivity index (χ1n) is 5.08. The van der Waals surface area contributed by atoms with Gasteiger partial charge in [-0.05, 0) is 24.6 Å². The summed E-state index contributed by atoms with van der Waals surface area (Å²) in [5.74, 6) is 0. The Kier molecular flexibility index (Phi) is 1.92. The second kappa shape index (κ2) is 3.14. The first kappa shape index (κ1) is 8.57. The molecule has 2 aliphatic rings. The molecule has 74 valence electrons. The number of benzene rings is 1. The highest BCUT2D eigenvalue weighted by Gasteiger charge is 2.37. The molecule has 3 heteroatoms. The Morgan fingerprint density at radius 2 is 2.36 bits per heavy atom. The Morgan fingerprint density at radius 1 is 1.43 bits per heavy atom. The molecule has 0 aromatic heterocycles. The standard InChI is InChI=1S/C11H13ClN2/c12-8-2-1-3-10(4-8)14-7-9-5-11(14)6-13-9/h1-4,9,11,13H,5-7H2. The highest BCUT2D eigenvalue weighted by atomic mass is 35.5. The molecule has 2 aliphatic heterocycles. The Labute approximate surface area is 88.9 Å². The van der Waals surface area contributed by atoms with E-state index < -0.39 is 0 Å². The van der Waals surface area contributed by atoms with Crippen LogP contribution in [-0.2, 0) is 0 Å². The van der Waals surface area contributed by atoms with Crippen LogP contribution in [0.5, 0.6) is 0 Å². The molecule has 0 saturated carbocycles. The van der Waals surface area contributed by atoms with Crippen molar-refractivity contribution in [3.8, 4) is 0 Å². The van der Waals surface area contributed by atoms with E-state index in [0.29, 0.717) is 12.1 Å². The lowest BCUT2D eigenvalue weighted by Gasteiger charge is -2.29. The van der Waals surface area contributed by atoms with Crippen LogP contribution in [0.25, 0.3) is 0 Å². The number of rotatable bonds is 1. The van der Waals surface area contributed by atoms with Gasteiger partial charge in [-0.25, -0.2) is 0 Å². The average molecular weight is 209 g/mol. The lowest BCUT2D eigenvalue weighted by atomic mass is 10.2. The maximum absolute atomic E-state index is 5.98. The fourth-order valence-electron chi connectivity index (χ4n) is 2.53. The van der Waals surface area contributed by atoms with E-state index in [4.69, 9.17) is 11.6 Å². The number of piperazine rings is 1. The van der Waals surface area contributed by atoms with Crippen LogP contribution in [0.15, 0.2) is 24.3 Å². The predicted molar refractivity (Wildman–Crippen MR) is 59.0 cm³/mol. The Balaban J connectivity index is 1.89. The van der Waals surface area contributed by atoms with Gasteiger partial charge in [-0.2, -0.15) is 0 Å². The number of halogens is 1. The molecule has 2 atom stereocenters. The van der Waals surface area contributed by atoms with Gasteiger partial charge in [0, 0.05) is 35.9 Å². The molecule has 2 unspecified atom stereocenters. The first-order valence-corrected chi connectivity index (χ1v) is 5.46. The summed E-state index contributed by atoms with van der Waals surface area (Å²) in [5, 5.41) is 4.33. The zero-order chi connectivity index (χ0) is 9.54. The Bertz CT molecular complexity index is 353. The van der Waals surface area contributed by atoms with Gasteiger partial charge >= 0.3 is 0 Å². The molecule has 0 radical (unpaired) electrons. The van der Waals surface area contributed by atoms with Crippen molar-refractivity contribution >= 4 is 17.3 Å². The lowest BCUT2D eigenvalue weighted by molar-refractivity contribution is 0.580. The third-order valence-electron chi connectivity index (χ3n) is 3.20. The molecule has 2 bridgehead atoms. The van der Waals surface area contributed by atoms with Crippen LogP contribution in [0.1, 0.15) is 6.42 Å². The van der Waals surface area contributed by atoms with Gasteiger partial charge in [0.05, 0.1) is 0 Å². The van der Waals surface area contributed by atoms with Crippen LogP contribution < -0.4 is 10.2 Å². The molecule has 2 nitrogen and oxygen atoms in total. The van der Waals surface area contributed by atoms with E-state index in [1.54, 1.807) is 0 Å². The summed E-state index contributed by atoms with van der Waals surface area (Å²) in [7, 11) is 0. The van der Waals surface area contributed by atoms with Crippen molar-refractivity contribution in [2.75, 3.05) is 18.0 Å². The highest BCUT2D eigenvalue weighted by molar-refractivity contribution is 6.30. The van der Waals surface area contributed by atoms with Gasteiger partial charge in [-0.15, -0.1) is 0 Å². The zero-order valence-electron chi connectivity index (χ0n) is 7.91. The predicted octanol–water partition coefficient (Wildman–Crippen LogP) is 1.89. The molecule has 1 aromatic carbocycles. The quantitative estimate of drug-likeness (QED) is 0.759. The molecular weight excluding hydrogens is 196 g/mol. The van der Waals surface area contributed by atoms with Crippen LogP contribution in [0.2, 0.25) is 5.02 Å². The van der Waals surface area contributed by atoms with Crippen molar-refractivity contribution in [2.24, 2.45) is 0 Å². The molecule has 0 amide bonds. The van der Waals surface area contributed by atoms with Crippen molar-refractivity contribution in [3.05, 3.63) is 29.3 Å². The third kappa shape index (κ3) is 1.30. The number of hydrogen-bond acceptors (Lipinski definition) is 2. The topological polar surface area (TPSA) is 15.3 Å². The van der Waals surface area contributed by atoms with E-state index in [1.807, 2.05) is 12.1 Å². The molecule has 2 heterocycles. The summed E-state index contributed by atoms with van der Waals surface area (Å²) in [6.45, 7) is 2.25. The molecule has 0 spiro atoms. The van der Waals surface area contributed by atoms with Crippen LogP contribution >= 0.6 is 11.6 Å². The minimum atomic E-state index is 0.679. The number of nitrogens with zero attached hydrogens (tertiary/aromatic N) is 1. The summed E-state index contributed by atoms with van der Waals surface area (Å²) >= 11 is 5.98. The smallest absolute Gasteiger partial charge is 0.0430 e. The number of anilines is 1. The van der Waals surface area contributed by atoms with Crippen LogP contribution in [0.4, 0.5) is 5.69 Å². The number of nitrogens with one attached hydrogen (secondary N) is 1. The molecule has 2 saturated heterocycles. The van der Waals surface area contributed by atoms with Crippen LogP contribution in [-0.4, -0.2) is 25.2 Å². The molecule has 2 fully saturated rings. The fourth-order valence-corrected chi connectivity index (χ4v) is 2.72. The molecule has 0 aliphatic carbocycles. The largest absolute Gasteiger partial charge is 0.366 e. The van der Waals surface area contributed by atoms with Crippen molar-refractivity contribution < 1.29 is 0 Å². The number of fused-ring (bicyclic) bond motifs is 2. The molecule has 14 heavy (non-hydrogen) atoms. The van der Waals surface area contributed by atoms with Crippen molar-refractivity contribution in [3.63, 3.8) is 0 Å². The van der Waals surface area contributed by atoms with Gasteiger partial charge in [0.1, 0.15) is 0 Å². The second-order valence-corrected chi connectivity index (χ2v) is 4.56.